The summed E-state index contributed by atoms with van der Waals surface area (Å²) in [6.07, 6.45) is 3.63. The molecule has 1 fully saturated rings. The maximum atomic E-state index is 12.4. The first-order valence-electron chi connectivity index (χ1n) is 9.90. The second-order valence-corrected chi connectivity index (χ2v) is 7.90. The largest absolute Gasteiger partial charge is 0.484 e. The molecule has 1 N–H and O–H groups in total. The molecular weight excluding hydrogens is 376 g/mol. The maximum Gasteiger partial charge on any atom is 0.258 e. The van der Waals surface area contributed by atoms with Crippen LogP contribution in [0.2, 0.25) is 5.02 Å². The minimum absolute atomic E-state index is 0.0234. The molecule has 6 heteroatoms. The Bertz CT molecular complexity index is 789. The first-order valence-corrected chi connectivity index (χ1v) is 10.3. The lowest BCUT2D eigenvalue weighted by Gasteiger charge is -2.33. The van der Waals surface area contributed by atoms with E-state index in [9.17, 15) is 4.79 Å². The van der Waals surface area contributed by atoms with Crippen LogP contribution in [-0.2, 0) is 4.79 Å². The number of rotatable bonds is 7. The van der Waals surface area contributed by atoms with E-state index in [0.717, 1.165) is 40.8 Å². The van der Waals surface area contributed by atoms with Crippen LogP contribution in [0.1, 0.15) is 48.0 Å². The number of nitrogens with zero attached hydrogens (tertiary/aromatic N) is 1. The van der Waals surface area contributed by atoms with Gasteiger partial charge in [-0.3, -0.25) is 9.69 Å². The zero-order valence-corrected chi connectivity index (χ0v) is 17.6. The van der Waals surface area contributed by atoms with Gasteiger partial charge in [-0.1, -0.05) is 18.0 Å². The van der Waals surface area contributed by atoms with Gasteiger partial charge in [0, 0.05) is 11.6 Å². The van der Waals surface area contributed by atoms with E-state index in [4.69, 9.17) is 20.8 Å². The second-order valence-electron chi connectivity index (χ2n) is 7.52. The van der Waals surface area contributed by atoms with Gasteiger partial charge in [-0.2, -0.15) is 0 Å². The average Bonchev–Trinajstić information content (AvgIpc) is 3.11. The Kier molecular flexibility index (Phi) is 7.03. The molecule has 0 saturated carbocycles. The van der Waals surface area contributed by atoms with Crippen molar-refractivity contribution in [3.8, 4) is 5.75 Å². The third-order valence-electron chi connectivity index (χ3n) is 5.19. The van der Waals surface area contributed by atoms with Crippen LogP contribution in [0, 0.1) is 20.8 Å². The van der Waals surface area contributed by atoms with Gasteiger partial charge >= 0.3 is 0 Å². The first-order chi connectivity index (χ1) is 13.4. The molecule has 1 aromatic heterocycles. The lowest BCUT2D eigenvalue weighted by Crippen LogP contribution is -2.41. The molecule has 0 aliphatic carbocycles. The molecule has 1 saturated heterocycles. The van der Waals surface area contributed by atoms with Gasteiger partial charge in [0.25, 0.3) is 5.91 Å². The Morgan fingerprint density at radius 2 is 1.86 bits per heavy atom. The quantitative estimate of drug-likeness (QED) is 0.733. The number of carbonyl (C=O) groups excluding carboxylic acids is 1. The van der Waals surface area contributed by atoms with E-state index in [-0.39, 0.29) is 18.6 Å². The second kappa shape index (κ2) is 9.48. The summed E-state index contributed by atoms with van der Waals surface area (Å²) in [5.74, 6) is 2.31. The maximum absolute atomic E-state index is 12.4. The van der Waals surface area contributed by atoms with E-state index < -0.39 is 0 Å². The zero-order chi connectivity index (χ0) is 20.1. The molecular formula is C22H29ClN2O3. The summed E-state index contributed by atoms with van der Waals surface area (Å²) in [5.41, 5.74) is 1.88. The van der Waals surface area contributed by atoms with Gasteiger partial charge in [0.15, 0.2) is 6.61 Å². The number of benzene rings is 1. The number of nitrogens with one attached hydrogen (secondary N) is 1. The minimum atomic E-state index is -0.143. The molecule has 1 aliphatic rings. The molecule has 1 atom stereocenters. The SMILES string of the molecule is Cc1ccc([C@@H](CNC(=O)COc2cc(C)c(Cl)c(C)c2)N2CCCCC2)o1. The molecule has 0 spiro atoms. The van der Waals surface area contributed by atoms with Gasteiger partial charge in [-0.05, 0) is 82.1 Å². The summed E-state index contributed by atoms with van der Waals surface area (Å²) in [6, 6.07) is 7.74. The summed E-state index contributed by atoms with van der Waals surface area (Å²) < 4.78 is 11.5. The first kappa shape index (κ1) is 20.7. The van der Waals surface area contributed by atoms with Crippen molar-refractivity contribution >= 4 is 17.5 Å². The molecule has 1 aliphatic heterocycles. The highest BCUT2D eigenvalue weighted by molar-refractivity contribution is 6.32. The molecule has 0 bridgehead atoms. The van der Waals surface area contributed by atoms with Crippen LogP contribution in [-0.4, -0.2) is 37.0 Å². The van der Waals surface area contributed by atoms with Gasteiger partial charge in [0.2, 0.25) is 0 Å². The van der Waals surface area contributed by atoms with Crippen LogP contribution >= 0.6 is 11.6 Å². The number of aryl methyl sites for hydroxylation is 3. The molecule has 5 nitrogen and oxygen atoms in total. The number of piperidine rings is 1. The summed E-state index contributed by atoms with van der Waals surface area (Å²) in [7, 11) is 0. The number of furan rings is 1. The fourth-order valence-corrected chi connectivity index (χ4v) is 3.78. The predicted molar refractivity (Wildman–Crippen MR) is 111 cm³/mol. The molecule has 2 heterocycles. The third-order valence-corrected chi connectivity index (χ3v) is 5.79. The monoisotopic (exact) mass is 404 g/mol. The molecule has 2 aromatic rings. The summed E-state index contributed by atoms with van der Waals surface area (Å²) in [4.78, 5) is 14.8. The van der Waals surface area contributed by atoms with Crippen molar-refractivity contribution in [1.29, 1.82) is 0 Å². The minimum Gasteiger partial charge on any atom is -0.484 e. The van der Waals surface area contributed by atoms with Crippen LogP contribution < -0.4 is 10.1 Å². The average molecular weight is 405 g/mol. The van der Waals surface area contributed by atoms with E-state index in [1.54, 1.807) is 0 Å². The van der Waals surface area contributed by atoms with Crippen LogP contribution in [0.3, 0.4) is 0 Å². The highest BCUT2D eigenvalue weighted by Gasteiger charge is 2.25. The Hall–Kier alpha value is -1.98. The Morgan fingerprint density at radius 3 is 2.46 bits per heavy atom. The lowest BCUT2D eigenvalue weighted by molar-refractivity contribution is -0.123. The zero-order valence-electron chi connectivity index (χ0n) is 16.9. The van der Waals surface area contributed by atoms with Gasteiger partial charge in [-0.15, -0.1) is 0 Å². The van der Waals surface area contributed by atoms with E-state index in [1.807, 2.05) is 45.0 Å². The number of amides is 1. The smallest absolute Gasteiger partial charge is 0.258 e. The molecule has 0 unspecified atom stereocenters. The number of hydrogen-bond donors (Lipinski definition) is 1. The topological polar surface area (TPSA) is 54.7 Å². The van der Waals surface area contributed by atoms with E-state index in [1.165, 1.54) is 19.3 Å². The predicted octanol–water partition coefficient (Wildman–Crippen LogP) is 4.58. The van der Waals surface area contributed by atoms with Crippen LogP contribution in [0.15, 0.2) is 28.7 Å². The Morgan fingerprint density at radius 1 is 1.18 bits per heavy atom. The Labute approximate surface area is 172 Å². The van der Waals surface area contributed by atoms with Gasteiger partial charge in [-0.25, -0.2) is 0 Å². The van der Waals surface area contributed by atoms with Crippen LogP contribution in [0.25, 0.3) is 0 Å². The van der Waals surface area contributed by atoms with Crippen molar-refractivity contribution in [3.05, 3.63) is 51.9 Å². The van der Waals surface area contributed by atoms with Gasteiger partial charge in [0.05, 0.1) is 6.04 Å². The van der Waals surface area contributed by atoms with Crippen LogP contribution in [0.4, 0.5) is 0 Å². The Balaban J connectivity index is 1.57. The van der Waals surface area contributed by atoms with Crippen molar-refractivity contribution < 1.29 is 13.9 Å². The number of hydrogen-bond acceptors (Lipinski definition) is 4. The summed E-state index contributed by atoms with van der Waals surface area (Å²) in [5, 5.41) is 3.74. The number of halogens is 1. The molecule has 0 radical (unpaired) electrons. The van der Waals surface area contributed by atoms with Crippen molar-refractivity contribution in [2.24, 2.45) is 0 Å². The molecule has 152 valence electrons. The molecule has 1 amide bonds. The summed E-state index contributed by atoms with van der Waals surface area (Å²) >= 11 is 6.18. The van der Waals surface area contributed by atoms with E-state index in [0.29, 0.717) is 12.3 Å². The van der Waals surface area contributed by atoms with Crippen molar-refractivity contribution in [2.75, 3.05) is 26.2 Å². The molecule has 28 heavy (non-hydrogen) atoms. The van der Waals surface area contributed by atoms with E-state index >= 15 is 0 Å². The lowest BCUT2D eigenvalue weighted by atomic mass is 10.1. The number of likely N-dealkylation sites (tertiary alicyclic amines) is 1. The summed E-state index contributed by atoms with van der Waals surface area (Å²) in [6.45, 7) is 8.34. The van der Waals surface area contributed by atoms with Crippen molar-refractivity contribution in [1.82, 2.24) is 10.2 Å². The van der Waals surface area contributed by atoms with E-state index in [2.05, 4.69) is 10.2 Å². The van der Waals surface area contributed by atoms with Gasteiger partial charge in [0.1, 0.15) is 17.3 Å². The number of carbonyl (C=O) groups is 1. The molecule has 3 rings (SSSR count). The molecule has 1 aromatic carbocycles. The van der Waals surface area contributed by atoms with Crippen molar-refractivity contribution in [2.45, 2.75) is 46.1 Å². The fourth-order valence-electron chi connectivity index (χ4n) is 3.67. The highest BCUT2D eigenvalue weighted by atomic mass is 35.5. The normalized spacial score (nSPS) is 16.0. The number of ether oxygens (including phenoxy) is 1. The van der Waals surface area contributed by atoms with Crippen LogP contribution in [0.5, 0.6) is 5.75 Å². The fraction of sp³-hybridized carbons (Fsp3) is 0.500. The van der Waals surface area contributed by atoms with Crippen molar-refractivity contribution in [3.63, 3.8) is 0 Å². The third kappa shape index (κ3) is 5.30. The highest BCUT2D eigenvalue weighted by Crippen LogP contribution is 2.27. The standard InChI is InChI=1S/C22H29ClN2O3/c1-15-11-18(12-16(2)22(15)23)27-14-21(26)24-13-19(20-8-7-17(3)28-20)25-9-5-4-6-10-25/h7-8,11-12,19H,4-6,9-10,13-14H2,1-3H3,(H,24,26)/t19-/m1/s1. The van der Waals surface area contributed by atoms with Gasteiger partial charge < -0.3 is 14.5 Å².